The van der Waals surface area contributed by atoms with Crippen molar-refractivity contribution in [1.29, 1.82) is 0 Å². The summed E-state index contributed by atoms with van der Waals surface area (Å²) in [4.78, 5) is 12.2. The quantitative estimate of drug-likeness (QED) is 0.316. The number of benzene rings is 3. The van der Waals surface area contributed by atoms with Crippen LogP contribution in [0.5, 0.6) is 5.75 Å². The van der Waals surface area contributed by atoms with E-state index in [1.165, 1.54) is 19.2 Å². The van der Waals surface area contributed by atoms with Crippen molar-refractivity contribution in [3.05, 3.63) is 102 Å². The van der Waals surface area contributed by atoms with Crippen LogP contribution >= 0.6 is 0 Å². The zero-order chi connectivity index (χ0) is 24.6. The molecular formula is C24H25NO7S2. The van der Waals surface area contributed by atoms with E-state index in [2.05, 4.69) is 4.72 Å². The molecule has 0 saturated heterocycles. The maximum absolute atomic E-state index is 12.6. The highest BCUT2D eigenvalue weighted by Gasteiger charge is 2.26. The largest absolute Gasteiger partial charge is 0.468 e. The summed E-state index contributed by atoms with van der Waals surface area (Å²) in [5.41, 5.74) is 1.77. The van der Waals surface area contributed by atoms with Crippen molar-refractivity contribution in [2.24, 2.45) is 0 Å². The number of rotatable bonds is 11. The first kappa shape index (κ1) is 25.4. The Balaban J connectivity index is 1.66. The minimum atomic E-state index is -3.86. The van der Waals surface area contributed by atoms with Gasteiger partial charge in [0.1, 0.15) is 17.5 Å². The molecule has 3 aromatic carbocycles. The zero-order valence-electron chi connectivity index (χ0n) is 18.5. The number of hydrogen-bond acceptors (Lipinski definition) is 7. The van der Waals surface area contributed by atoms with Crippen molar-refractivity contribution in [1.82, 2.24) is 4.72 Å². The predicted octanol–water partition coefficient (Wildman–Crippen LogP) is 2.80. The zero-order valence-corrected chi connectivity index (χ0v) is 20.1. The SMILES string of the molecule is COC(=O)C(Cc1ccc(OS(=O)(=O)Cc2ccccc2)cc1)NS(=O)(=O)Cc1ccccc1. The lowest BCUT2D eigenvalue weighted by Gasteiger charge is -2.17. The summed E-state index contributed by atoms with van der Waals surface area (Å²) in [6.45, 7) is 0. The van der Waals surface area contributed by atoms with Crippen molar-refractivity contribution in [2.45, 2.75) is 24.0 Å². The van der Waals surface area contributed by atoms with Gasteiger partial charge in [0.05, 0.1) is 12.9 Å². The third-order valence-corrected chi connectivity index (χ3v) is 7.27. The van der Waals surface area contributed by atoms with Crippen molar-refractivity contribution < 1.29 is 30.6 Å². The van der Waals surface area contributed by atoms with Crippen LogP contribution in [0.25, 0.3) is 0 Å². The van der Waals surface area contributed by atoms with Crippen LogP contribution in [0.15, 0.2) is 84.9 Å². The lowest BCUT2D eigenvalue weighted by atomic mass is 10.1. The highest BCUT2D eigenvalue weighted by atomic mass is 32.2. The van der Waals surface area contributed by atoms with E-state index < -0.39 is 32.2 Å². The van der Waals surface area contributed by atoms with Crippen molar-refractivity contribution in [3.63, 3.8) is 0 Å². The summed E-state index contributed by atoms with van der Waals surface area (Å²) >= 11 is 0. The first-order chi connectivity index (χ1) is 16.2. The molecule has 34 heavy (non-hydrogen) atoms. The molecule has 3 aromatic rings. The first-order valence-corrected chi connectivity index (χ1v) is 13.6. The molecule has 0 spiro atoms. The van der Waals surface area contributed by atoms with Gasteiger partial charge in [0.15, 0.2) is 0 Å². The molecule has 0 aliphatic carbocycles. The second-order valence-corrected chi connectivity index (χ2v) is 10.9. The van der Waals surface area contributed by atoms with E-state index in [1.54, 1.807) is 72.8 Å². The number of nitrogens with one attached hydrogen (secondary N) is 1. The molecule has 1 unspecified atom stereocenters. The second-order valence-electron chi connectivity index (χ2n) is 7.56. The molecule has 8 nitrogen and oxygen atoms in total. The average molecular weight is 504 g/mol. The molecule has 10 heteroatoms. The summed E-state index contributed by atoms with van der Waals surface area (Å²) in [6.07, 6.45) is 0.0116. The molecule has 1 N–H and O–H groups in total. The summed E-state index contributed by atoms with van der Waals surface area (Å²) in [6, 6.07) is 22.1. The molecule has 180 valence electrons. The lowest BCUT2D eigenvalue weighted by molar-refractivity contribution is -0.142. The highest BCUT2D eigenvalue weighted by Crippen LogP contribution is 2.18. The molecule has 3 rings (SSSR count). The van der Waals surface area contributed by atoms with E-state index in [4.69, 9.17) is 8.92 Å². The molecule has 0 radical (unpaired) electrons. The number of methoxy groups -OCH3 is 1. The third kappa shape index (κ3) is 7.98. The summed E-state index contributed by atoms with van der Waals surface area (Å²) in [5.74, 6) is -1.18. The molecule has 0 aromatic heterocycles. The van der Waals surface area contributed by atoms with Crippen molar-refractivity contribution in [2.75, 3.05) is 7.11 Å². The van der Waals surface area contributed by atoms with Crippen LogP contribution in [0.2, 0.25) is 0 Å². The molecule has 0 amide bonds. The van der Waals surface area contributed by atoms with Gasteiger partial charge < -0.3 is 8.92 Å². The summed E-state index contributed by atoms with van der Waals surface area (Å²) < 4.78 is 62.1. The first-order valence-electron chi connectivity index (χ1n) is 10.3. The number of ether oxygens (including phenoxy) is 1. The Bertz CT molecular complexity index is 1290. The Hall–Kier alpha value is -3.21. The van der Waals surface area contributed by atoms with Gasteiger partial charge in [-0.2, -0.15) is 8.42 Å². The maximum Gasteiger partial charge on any atom is 0.324 e. The van der Waals surface area contributed by atoms with Gasteiger partial charge in [0.25, 0.3) is 0 Å². The van der Waals surface area contributed by atoms with Gasteiger partial charge in [-0.05, 0) is 35.2 Å². The topological polar surface area (TPSA) is 116 Å². The van der Waals surface area contributed by atoms with Crippen LogP contribution in [-0.4, -0.2) is 36.0 Å². The van der Waals surface area contributed by atoms with Crippen molar-refractivity contribution >= 4 is 26.1 Å². The second kappa shape index (κ2) is 11.3. The average Bonchev–Trinajstić information content (AvgIpc) is 2.79. The van der Waals surface area contributed by atoms with Gasteiger partial charge in [0.2, 0.25) is 10.0 Å². The van der Waals surface area contributed by atoms with E-state index in [0.717, 1.165) is 0 Å². The van der Waals surface area contributed by atoms with Crippen LogP contribution < -0.4 is 8.91 Å². The van der Waals surface area contributed by atoms with Crippen LogP contribution in [0.4, 0.5) is 0 Å². The number of carbonyl (C=O) groups is 1. The molecule has 0 heterocycles. The van der Waals surface area contributed by atoms with Gasteiger partial charge in [-0.3, -0.25) is 4.79 Å². The molecule has 1 atom stereocenters. The van der Waals surface area contributed by atoms with E-state index >= 15 is 0 Å². The number of carbonyl (C=O) groups excluding carboxylic acids is 1. The summed E-state index contributed by atoms with van der Waals surface area (Å²) in [7, 11) is -6.51. The predicted molar refractivity (Wildman–Crippen MR) is 128 cm³/mol. The number of hydrogen-bond donors (Lipinski definition) is 1. The third-order valence-electron chi connectivity index (χ3n) is 4.78. The minimum absolute atomic E-state index is 0.0116. The number of esters is 1. The number of sulfonamides is 1. The Morgan fingerprint density at radius 2 is 1.29 bits per heavy atom. The Labute approximate surface area is 199 Å². The molecule has 0 aliphatic heterocycles. The Morgan fingerprint density at radius 1 is 0.765 bits per heavy atom. The monoisotopic (exact) mass is 503 g/mol. The van der Waals surface area contributed by atoms with E-state index in [0.29, 0.717) is 16.7 Å². The molecule has 0 saturated carbocycles. The van der Waals surface area contributed by atoms with E-state index in [9.17, 15) is 21.6 Å². The van der Waals surface area contributed by atoms with Gasteiger partial charge >= 0.3 is 16.1 Å². The smallest absolute Gasteiger partial charge is 0.324 e. The molecule has 0 aliphatic rings. The maximum atomic E-state index is 12.6. The van der Waals surface area contributed by atoms with Crippen LogP contribution in [0, 0.1) is 0 Å². The minimum Gasteiger partial charge on any atom is -0.468 e. The van der Waals surface area contributed by atoms with Gasteiger partial charge in [0, 0.05) is 0 Å². The Kier molecular flexibility index (Phi) is 8.43. The van der Waals surface area contributed by atoms with Gasteiger partial charge in [-0.25, -0.2) is 13.1 Å². The fraction of sp³-hybridized carbons (Fsp3) is 0.208. The standard InChI is InChI=1S/C24H25NO7S2/c1-31-24(26)23(25-33(27,28)17-20-8-4-2-5-9-20)16-19-12-14-22(15-13-19)32-34(29,30)18-21-10-6-3-7-11-21/h2-15,23,25H,16-18H2,1H3. The van der Waals surface area contributed by atoms with E-state index in [1.807, 2.05) is 0 Å². The molecule has 0 fully saturated rings. The lowest BCUT2D eigenvalue weighted by Crippen LogP contribution is -2.43. The van der Waals surface area contributed by atoms with Crippen molar-refractivity contribution in [3.8, 4) is 5.75 Å². The Morgan fingerprint density at radius 3 is 1.82 bits per heavy atom. The molecular weight excluding hydrogens is 478 g/mol. The molecule has 0 bridgehead atoms. The van der Waals surface area contributed by atoms with Crippen LogP contribution in [0.1, 0.15) is 16.7 Å². The van der Waals surface area contributed by atoms with Gasteiger partial charge in [-0.1, -0.05) is 72.8 Å². The summed E-state index contributed by atoms with van der Waals surface area (Å²) in [5, 5.41) is 0. The fourth-order valence-corrected chi connectivity index (χ4v) is 5.63. The normalized spacial score (nSPS) is 12.6. The van der Waals surface area contributed by atoms with Crippen LogP contribution in [-0.2, 0) is 47.6 Å². The fourth-order valence-electron chi connectivity index (χ4n) is 3.24. The van der Waals surface area contributed by atoms with Crippen LogP contribution in [0.3, 0.4) is 0 Å². The highest BCUT2D eigenvalue weighted by molar-refractivity contribution is 7.88. The van der Waals surface area contributed by atoms with E-state index in [-0.39, 0.29) is 23.7 Å². The van der Waals surface area contributed by atoms with Gasteiger partial charge in [-0.15, -0.1) is 0 Å².